The molecule has 1 aromatic carbocycles. The Bertz CT molecular complexity index is 671. The second-order valence-corrected chi connectivity index (χ2v) is 8.91. The van der Waals surface area contributed by atoms with Gasteiger partial charge in [-0.05, 0) is 46.1 Å². The molecule has 0 saturated carbocycles. The van der Waals surface area contributed by atoms with E-state index in [4.69, 9.17) is 9.73 Å². The molecule has 2 aliphatic rings. The molecule has 2 atom stereocenters. The quantitative estimate of drug-likeness (QED) is 0.530. The number of rotatable bonds is 7. The zero-order valence-corrected chi connectivity index (χ0v) is 19.4. The lowest BCUT2D eigenvalue weighted by molar-refractivity contribution is -0.0165. The van der Waals surface area contributed by atoms with Crippen LogP contribution in [0.3, 0.4) is 0 Å². The summed E-state index contributed by atoms with van der Waals surface area (Å²) in [4.78, 5) is 9.99. The van der Waals surface area contributed by atoms with Crippen LogP contribution in [0.25, 0.3) is 0 Å². The van der Waals surface area contributed by atoms with Gasteiger partial charge in [-0.1, -0.05) is 29.8 Å². The zero-order chi connectivity index (χ0) is 21.3. The molecule has 0 amide bonds. The molecule has 2 unspecified atom stereocenters. The molecule has 1 aromatic rings. The fraction of sp³-hybridized carbons (Fsp3) is 0.708. The summed E-state index contributed by atoms with van der Waals surface area (Å²) >= 11 is 0. The molecule has 2 fully saturated rings. The summed E-state index contributed by atoms with van der Waals surface area (Å²) in [6.45, 7) is 16.5. The molecule has 0 bridgehead atoms. The number of piperidine rings is 1. The van der Waals surface area contributed by atoms with Crippen LogP contribution in [0.15, 0.2) is 29.3 Å². The summed E-state index contributed by atoms with van der Waals surface area (Å²) in [5, 5.41) is 7.13. The SMILES string of the molecule is CCNC(=NCC(C)N1CCOCC1C)NC1CCN(Cc2cccc(C)c2)CC1. The molecule has 2 N–H and O–H groups in total. The van der Waals surface area contributed by atoms with Gasteiger partial charge in [0.1, 0.15) is 0 Å². The smallest absolute Gasteiger partial charge is 0.191 e. The topological polar surface area (TPSA) is 52.1 Å². The van der Waals surface area contributed by atoms with Crippen molar-refractivity contribution in [3.05, 3.63) is 35.4 Å². The number of likely N-dealkylation sites (tertiary alicyclic amines) is 1. The summed E-state index contributed by atoms with van der Waals surface area (Å²) in [5.41, 5.74) is 2.76. The first-order valence-electron chi connectivity index (χ1n) is 11.7. The summed E-state index contributed by atoms with van der Waals surface area (Å²) in [7, 11) is 0. The predicted octanol–water partition coefficient (Wildman–Crippen LogP) is 2.62. The van der Waals surface area contributed by atoms with Gasteiger partial charge in [0, 0.05) is 50.8 Å². The van der Waals surface area contributed by atoms with Gasteiger partial charge >= 0.3 is 0 Å². The molecule has 2 aliphatic heterocycles. The van der Waals surface area contributed by atoms with Gasteiger partial charge in [-0.25, -0.2) is 0 Å². The van der Waals surface area contributed by atoms with Crippen molar-refractivity contribution in [2.75, 3.05) is 45.9 Å². The number of aliphatic imine (C=N–C) groups is 1. The Labute approximate surface area is 183 Å². The van der Waals surface area contributed by atoms with Crippen LogP contribution in [0.5, 0.6) is 0 Å². The number of nitrogens with zero attached hydrogens (tertiary/aromatic N) is 3. The molecular formula is C24H41N5O. The summed E-state index contributed by atoms with van der Waals surface area (Å²) in [6, 6.07) is 10.3. The van der Waals surface area contributed by atoms with E-state index in [1.165, 1.54) is 11.1 Å². The molecule has 0 radical (unpaired) electrons. The van der Waals surface area contributed by atoms with E-state index in [9.17, 15) is 0 Å². The van der Waals surface area contributed by atoms with Gasteiger partial charge < -0.3 is 15.4 Å². The highest BCUT2D eigenvalue weighted by Gasteiger charge is 2.24. The van der Waals surface area contributed by atoms with E-state index >= 15 is 0 Å². The third-order valence-corrected chi connectivity index (χ3v) is 6.26. The number of nitrogens with one attached hydrogen (secondary N) is 2. The van der Waals surface area contributed by atoms with Crippen molar-refractivity contribution < 1.29 is 4.74 Å². The van der Waals surface area contributed by atoms with Crippen molar-refractivity contribution in [3.8, 4) is 0 Å². The Morgan fingerprint density at radius 2 is 2.07 bits per heavy atom. The average molecular weight is 416 g/mol. The third kappa shape index (κ3) is 6.96. The van der Waals surface area contributed by atoms with Gasteiger partial charge in [-0.15, -0.1) is 0 Å². The second kappa shape index (κ2) is 11.7. The number of hydrogen-bond acceptors (Lipinski definition) is 4. The Balaban J connectivity index is 1.46. The lowest BCUT2D eigenvalue weighted by Gasteiger charge is -2.37. The highest BCUT2D eigenvalue weighted by Crippen LogP contribution is 2.15. The fourth-order valence-electron chi connectivity index (χ4n) is 4.54. The number of aryl methyl sites for hydroxylation is 1. The molecule has 3 rings (SSSR count). The number of morpholine rings is 1. The molecule has 2 heterocycles. The summed E-state index contributed by atoms with van der Waals surface area (Å²) in [6.07, 6.45) is 2.32. The number of ether oxygens (including phenoxy) is 1. The molecule has 168 valence electrons. The van der Waals surface area contributed by atoms with Crippen molar-refractivity contribution in [1.29, 1.82) is 0 Å². The second-order valence-electron chi connectivity index (χ2n) is 8.91. The summed E-state index contributed by atoms with van der Waals surface area (Å²) in [5.74, 6) is 0.961. The van der Waals surface area contributed by atoms with E-state index in [-0.39, 0.29) is 0 Å². The maximum atomic E-state index is 5.57. The Hall–Kier alpha value is -1.63. The monoisotopic (exact) mass is 415 g/mol. The first kappa shape index (κ1) is 23.0. The Kier molecular flexibility index (Phi) is 8.97. The van der Waals surface area contributed by atoms with Gasteiger partial charge in [0.2, 0.25) is 0 Å². The maximum absolute atomic E-state index is 5.57. The van der Waals surface area contributed by atoms with Gasteiger partial charge in [-0.3, -0.25) is 14.8 Å². The molecule has 0 spiro atoms. The van der Waals surface area contributed by atoms with Crippen LogP contribution in [-0.4, -0.2) is 79.8 Å². The van der Waals surface area contributed by atoms with Gasteiger partial charge in [0.15, 0.2) is 5.96 Å². The Morgan fingerprint density at radius 1 is 1.27 bits per heavy atom. The highest BCUT2D eigenvalue weighted by atomic mass is 16.5. The van der Waals surface area contributed by atoms with Crippen LogP contribution in [0.1, 0.15) is 44.7 Å². The lowest BCUT2D eigenvalue weighted by atomic mass is 10.0. The third-order valence-electron chi connectivity index (χ3n) is 6.26. The van der Waals surface area contributed by atoms with Crippen molar-refractivity contribution in [2.24, 2.45) is 4.99 Å². The van der Waals surface area contributed by atoms with Gasteiger partial charge in [0.25, 0.3) is 0 Å². The fourth-order valence-corrected chi connectivity index (χ4v) is 4.54. The van der Waals surface area contributed by atoms with E-state index in [2.05, 4.69) is 72.4 Å². The standard InChI is InChI=1S/C24H41N5O/c1-5-25-24(26-16-20(3)29-13-14-30-18-21(29)4)27-23-9-11-28(12-10-23)17-22-8-6-7-19(2)15-22/h6-8,15,20-21,23H,5,9-14,16-18H2,1-4H3,(H2,25,26,27). The van der Waals surface area contributed by atoms with Crippen LogP contribution < -0.4 is 10.6 Å². The Morgan fingerprint density at radius 3 is 2.77 bits per heavy atom. The number of benzene rings is 1. The van der Waals surface area contributed by atoms with Crippen molar-refractivity contribution in [1.82, 2.24) is 20.4 Å². The minimum Gasteiger partial charge on any atom is -0.379 e. The molecule has 6 heteroatoms. The molecule has 30 heavy (non-hydrogen) atoms. The van der Waals surface area contributed by atoms with E-state index in [0.29, 0.717) is 18.1 Å². The normalized spacial score (nSPS) is 23.3. The first-order chi connectivity index (χ1) is 14.5. The molecule has 6 nitrogen and oxygen atoms in total. The maximum Gasteiger partial charge on any atom is 0.191 e. The highest BCUT2D eigenvalue weighted by molar-refractivity contribution is 5.80. The van der Waals surface area contributed by atoms with Crippen LogP contribution in [-0.2, 0) is 11.3 Å². The van der Waals surface area contributed by atoms with Crippen molar-refractivity contribution >= 4 is 5.96 Å². The molecule has 0 aliphatic carbocycles. The lowest BCUT2D eigenvalue weighted by Crippen LogP contribution is -2.51. The predicted molar refractivity (Wildman–Crippen MR) is 125 cm³/mol. The minimum atomic E-state index is 0.426. The molecule has 0 aromatic heterocycles. The van der Waals surface area contributed by atoms with E-state index in [1.807, 2.05) is 0 Å². The molecular weight excluding hydrogens is 374 g/mol. The van der Waals surface area contributed by atoms with Crippen LogP contribution in [0, 0.1) is 6.92 Å². The van der Waals surface area contributed by atoms with Crippen molar-refractivity contribution in [2.45, 2.75) is 65.2 Å². The van der Waals surface area contributed by atoms with Crippen molar-refractivity contribution in [3.63, 3.8) is 0 Å². The number of guanidine groups is 1. The van der Waals surface area contributed by atoms with Gasteiger partial charge in [-0.2, -0.15) is 0 Å². The number of hydrogen-bond donors (Lipinski definition) is 2. The van der Waals surface area contributed by atoms with Crippen LogP contribution in [0.4, 0.5) is 0 Å². The van der Waals surface area contributed by atoms with E-state index in [1.54, 1.807) is 0 Å². The minimum absolute atomic E-state index is 0.426. The van der Waals surface area contributed by atoms with Crippen LogP contribution >= 0.6 is 0 Å². The van der Waals surface area contributed by atoms with Gasteiger partial charge in [0.05, 0.1) is 19.8 Å². The van der Waals surface area contributed by atoms with E-state index in [0.717, 1.165) is 71.3 Å². The largest absolute Gasteiger partial charge is 0.379 e. The van der Waals surface area contributed by atoms with Crippen LogP contribution in [0.2, 0.25) is 0 Å². The zero-order valence-electron chi connectivity index (χ0n) is 19.4. The average Bonchev–Trinajstić information content (AvgIpc) is 2.74. The molecule has 2 saturated heterocycles. The summed E-state index contributed by atoms with van der Waals surface area (Å²) < 4.78 is 5.57. The first-order valence-corrected chi connectivity index (χ1v) is 11.7. The van der Waals surface area contributed by atoms with E-state index < -0.39 is 0 Å².